The summed E-state index contributed by atoms with van der Waals surface area (Å²) in [5.41, 5.74) is 2.37. The van der Waals surface area contributed by atoms with Gasteiger partial charge in [-0.3, -0.25) is 15.1 Å². The largest absolute Gasteiger partial charge is 0.462 e. The molecule has 29 heavy (non-hydrogen) atoms. The van der Waals surface area contributed by atoms with Gasteiger partial charge in [-0.2, -0.15) is 0 Å². The molecule has 0 aliphatic rings. The zero-order chi connectivity index (χ0) is 20.2. The number of thiazole rings is 1. The Morgan fingerprint density at radius 1 is 1.14 bits per heavy atom. The van der Waals surface area contributed by atoms with Crippen LogP contribution in [0.15, 0.2) is 61.1 Å². The van der Waals surface area contributed by atoms with Gasteiger partial charge in [0.05, 0.1) is 30.6 Å². The number of ether oxygens (including phenoxy) is 1. The molecule has 0 aliphatic carbocycles. The lowest BCUT2D eigenvalue weighted by atomic mass is 10.1. The van der Waals surface area contributed by atoms with Crippen LogP contribution >= 0.6 is 11.3 Å². The van der Waals surface area contributed by atoms with Gasteiger partial charge in [0.25, 0.3) is 5.91 Å². The molecule has 0 spiro atoms. The molecule has 0 saturated heterocycles. The molecule has 0 unspecified atom stereocenters. The maximum absolute atomic E-state index is 12.9. The van der Waals surface area contributed by atoms with E-state index in [9.17, 15) is 9.59 Å². The van der Waals surface area contributed by atoms with Crippen molar-refractivity contribution >= 4 is 39.2 Å². The number of para-hydroxylation sites is 1. The summed E-state index contributed by atoms with van der Waals surface area (Å²) in [6.07, 6.45) is 4.97. The summed E-state index contributed by atoms with van der Waals surface area (Å²) in [5, 5.41) is 3.96. The molecule has 4 rings (SSSR count). The van der Waals surface area contributed by atoms with E-state index in [4.69, 9.17) is 4.74 Å². The minimum absolute atomic E-state index is 0.286. The molecule has 3 aromatic heterocycles. The van der Waals surface area contributed by atoms with Gasteiger partial charge >= 0.3 is 5.97 Å². The van der Waals surface area contributed by atoms with E-state index in [1.54, 1.807) is 13.1 Å². The molecule has 146 valence electrons. The Hall–Kier alpha value is -3.52. The Labute approximate surface area is 171 Å². The highest BCUT2D eigenvalue weighted by atomic mass is 32.1. The minimum atomic E-state index is -0.447. The first-order chi connectivity index (χ1) is 14.2. The predicted octanol–water partition coefficient (Wildman–Crippen LogP) is 3.97. The number of aromatic nitrogens is 3. The van der Waals surface area contributed by atoms with Gasteiger partial charge in [-0.05, 0) is 25.1 Å². The fourth-order valence-corrected chi connectivity index (χ4v) is 3.72. The Balaban J connectivity index is 1.60. The summed E-state index contributed by atoms with van der Waals surface area (Å²) in [5.74, 6) is -0.733. The zero-order valence-corrected chi connectivity index (χ0v) is 16.5. The van der Waals surface area contributed by atoms with Crippen molar-refractivity contribution < 1.29 is 14.3 Å². The predicted molar refractivity (Wildman–Crippen MR) is 111 cm³/mol. The first-order valence-electron chi connectivity index (χ1n) is 9.07. The highest BCUT2D eigenvalue weighted by molar-refractivity contribution is 7.17. The van der Waals surface area contributed by atoms with Gasteiger partial charge in [-0.1, -0.05) is 35.6 Å². The Bertz CT molecular complexity index is 1170. The molecule has 0 saturated carbocycles. The smallest absolute Gasteiger partial charge is 0.350 e. The van der Waals surface area contributed by atoms with Crippen molar-refractivity contribution in [3.63, 3.8) is 0 Å². The van der Waals surface area contributed by atoms with E-state index in [-0.39, 0.29) is 12.5 Å². The second-order valence-corrected chi connectivity index (χ2v) is 7.24. The van der Waals surface area contributed by atoms with E-state index in [0.29, 0.717) is 22.1 Å². The second kappa shape index (κ2) is 8.24. The van der Waals surface area contributed by atoms with E-state index >= 15 is 0 Å². The number of hydrogen-bond donors (Lipinski definition) is 1. The summed E-state index contributed by atoms with van der Waals surface area (Å²) in [4.78, 5) is 33.5. The van der Waals surface area contributed by atoms with E-state index < -0.39 is 5.97 Å². The van der Waals surface area contributed by atoms with Gasteiger partial charge in [-0.25, -0.2) is 9.78 Å². The average molecular weight is 406 g/mol. The molecule has 3 heterocycles. The number of benzene rings is 1. The van der Waals surface area contributed by atoms with Crippen molar-refractivity contribution in [1.82, 2.24) is 14.5 Å². The highest BCUT2D eigenvalue weighted by Gasteiger charge is 2.18. The number of carbonyl (C=O) groups excluding carboxylic acids is 2. The van der Waals surface area contributed by atoms with Gasteiger partial charge in [0.1, 0.15) is 4.88 Å². The van der Waals surface area contributed by atoms with Gasteiger partial charge < -0.3 is 9.30 Å². The maximum atomic E-state index is 12.9. The third kappa shape index (κ3) is 4.02. The zero-order valence-electron chi connectivity index (χ0n) is 15.7. The number of nitrogens with one attached hydrogen (secondary N) is 1. The second-order valence-electron chi connectivity index (χ2n) is 6.21. The van der Waals surface area contributed by atoms with Crippen LogP contribution in [0.3, 0.4) is 0 Å². The number of hydrogen-bond acceptors (Lipinski definition) is 6. The highest BCUT2D eigenvalue weighted by Crippen LogP contribution is 2.25. The number of nitrogens with zero attached hydrogens (tertiary/aromatic N) is 3. The third-order valence-corrected chi connectivity index (χ3v) is 5.19. The quantitative estimate of drug-likeness (QED) is 0.490. The molecule has 7 nitrogen and oxygen atoms in total. The Kier molecular flexibility index (Phi) is 5.35. The molecule has 0 fully saturated rings. The summed E-state index contributed by atoms with van der Waals surface area (Å²) in [6, 6.07) is 13.5. The summed E-state index contributed by atoms with van der Waals surface area (Å²) in [6.45, 7) is 2.58. The molecule has 0 radical (unpaired) electrons. The average Bonchev–Trinajstić information content (AvgIpc) is 3.34. The van der Waals surface area contributed by atoms with Crippen LogP contribution in [0, 0.1) is 0 Å². The summed E-state index contributed by atoms with van der Waals surface area (Å²) < 4.78 is 6.96. The van der Waals surface area contributed by atoms with Crippen molar-refractivity contribution in [2.24, 2.45) is 0 Å². The molecule has 1 amide bonds. The van der Waals surface area contributed by atoms with Gasteiger partial charge in [0.15, 0.2) is 5.13 Å². The molecule has 0 atom stereocenters. The Morgan fingerprint density at radius 3 is 2.76 bits per heavy atom. The molecule has 8 heteroatoms. The number of rotatable bonds is 6. The van der Waals surface area contributed by atoms with Gasteiger partial charge in [-0.15, -0.1) is 0 Å². The van der Waals surface area contributed by atoms with Crippen LogP contribution in [0.25, 0.3) is 10.9 Å². The monoisotopic (exact) mass is 406 g/mol. The normalized spacial score (nSPS) is 10.8. The van der Waals surface area contributed by atoms with E-state index in [0.717, 1.165) is 27.9 Å². The van der Waals surface area contributed by atoms with Crippen molar-refractivity contribution in [2.75, 3.05) is 11.9 Å². The van der Waals surface area contributed by atoms with Crippen molar-refractivity contribution in [1.29, 1.82) is 0 Å². The first-order valence-corrected chi connectivity index (χ1v) is 9.89. The van der Waals surface area contributed by atoms with Crippen molar-refractivity contribution in [3.05, 3.63) is 77.2 Å². The molecular weight excluding hydrogens is 388 g/mol. The van der Waals surface area contributed by atoms with Crippen LogP contribution in [-0.4, -0.2) is 33.0 Å². The summed E-state index contributed by atoms with van der Waals surface area (Å²) in [7, 11) is 0. The molecule has 1 N–H and O–H groups in total. The summed E-state index contributed by atoms with van der Waals surface area (Å²) >= 11 is 1.08. The van der Waals surface area contributed by atoms with Crippen LogP contribution in [0.1, 0.15) is 32.6 Å². The van der Waals surface area contributed by atoms with Crippen LogP contribution in [0.2, 0.25) is 0 Å². The number of amides is 1. The Morgan fingerprint density at radius 2 is 1.97 bits per heavy atom. The lowest BCUT2D eigenvalue weighted by Crippen LogP contribution is -2.11. The fraction of sp³-hybridized carbons (Fsp3) is 0.143. The van der Waals surface area contributed by atoms with Crippen molar-refractivity contribution in [3.8, 4) is 0 Å². The SMILES string of the molecule is CCOC(=O)c1cnc(NC(=O)c2cn(Cc3ccccn3)c3ccccc23)s1. The van der Waals surface area contributed by atoms with Gasteiger partial charge in [0, 0.05) is 23.3 Å². The minimum Gasteiger partial charge on any atom is -0.462 e. The molecule has 1 aromatic carbocycles. The lowest BCUT2D eigenvalue weighted by molar-refractivity contribution is 0.0531. The number of esters is 1. The van der Waals surface area contributed by atoms with Crippen molar-refractivity contribution in [2.45, 2.75) is 13.5 Å². The van der Waals surface area contributed by atoms with E-state index in [1.807, 2.05) is 53.2 Å². The van der Waals surface area contributed by atoms with Gasteiger partial charge in [0.2, 0.25) is 0 Å². The van der Waals surface area contributed by atoms with Crippen LogP contribution in [-0.2, 0) is 11.3 Å². The third-order valence-electron chi connectivity index (χ3n) is 4.29. The standard InChI is InChI=1S/C21H18N4O3S/c1-2-28-20(27)18-11-23-21(29-18)24-19(26)16-13-25(12-14-7-5-6-10-22-14)17-9-4-3-8-15(16)17/h3-11,13H,2,12H2,1H3,(H,23,24,26). The number of pyridine rings is 1. The molecule has 0 bridgehead atoms. The van der Waals surface area contributed by atoms with Crippen LogP contribution in [0.4, 0.5) is 5.13 Å². The first kappa shape index (κ1) is 18.8. The molecular formula is C21H18N4O3S. The number of fused-ring (bicyclic) bond motifs is 1. The maximum Gasteiger partial charge on any atom is 0.350 e. The van der Waals surface area contributed by atoms with Crippen LogP contribution in [0.5, 0.6) is 0 Å². The fourth-order valence-electron chi connectivity index (χ4n) is 3.02. The number of anilines is 1. The van der Waals surface area contributed by atoms with Crippen LogP contribution < -0.4 is 5.32 Å². The number of carbonyl (C=O) groups is 2. The molecule has 0 aliphatic heterocycles. The van der Waals surface area contributed by atoms with E-state index in [2.05, 4.69) is 15.3 Å². The molecule has 4 aromatic rings. The topological polar surface area (TPSA) is 86.1 Å². The van der Waals surface area contributed by atoms with E-state index in [1.165, 1.54) is 6.20 Å². The lowest BCUT2D eigenvalue weighted by Gasteiger charge is -2.04.